The predicted octanol–water partition coefficient (Wildman–Crippen LogP) is 1.63. The van der Waals surface area contributed by atoms with Crippen LogP contribution in [0, 0.1) is 0 Å². The van der Waals surface area contributed by atoms with Crippen LogP contribution in [0.25, 0.3) is 0 Å². The molecule has 0 atom stereocenters. The molecule has 1 aromatic carbocycles. The summed E-state index contributed by atoms with van der Waals surface area (Å²) in [6.07, 6.45) is 4.32. The van der Waals surface area contributed by atoms with Gasteiger partial charge in [0.2, 0.25) is 11.9 Å². The lowest BCUT2D eigenvalue weighted by atomic mass is 10.1. The van der Waals surface area contributed by atoms with Crippen molar-refractivity contribution in [1.29, 1.82) is 0 Å². The summed E-state index contributed by atoms with van der Waals surface area (Å²) in [6.45, 7) is 0.999. The van der Waals surface area contributed by atoms with Crippen molar-refractivity contribution in [3.8, 4) is 0 Å². The first kappa shape index (κ1) is 16.3. The summed E-state index contributed by atoms with van der Waals surface area (Å²) >= 11 is 0. The zero-order valence-electron chi connectivity index (χ0n) is 14.2. The average Bonchev–Trinajstić information content (AvgIpc) is 3.39. The maximum absolute atomic E-state index is 11.8. The number of fused-ring (bicyclic) bond motifs is 1. The molecule has 2 aromatic rings. The number of nitrogens with two attached hydrogens (primary N) is 1. The standard InChI is InChI=1S/C18H20N6O2/c19-15(25)5-6-20-16-14(10-1-2-10)9-22-18(24-16)23-12-4-3-11-8-21-17(26)13(11)7-12/h3-4,7,9-10H,1-2,5-6,8H2,(H2,19,25)(H,21,26)(H2,20,22,23,24). The van der Waals surface area contributed by atoms with Gasteiger partial charge in [0.25, 0.3) is 5.91 Å². The summed E-state index contributed by atoms with van der Waals surface area (Å²) < 4.78 is 0. The highest BCUT2D eigenvalue weighted by Gasteiger charge is 2.27. The maximum atomic E-state index is 11.8. The van der Waals surface area contributed by atoms with Crippen LogP contribution in [0.3, 0.4) is 0 Å². The summed E-state index contributed by atoms with van der Waals surface area (Å²) in [7, 11) is 0. The molecule has 4 rings (SSSR count). The molecular weight excluding hydrogens is 332 g/mol. The third-order valence-corrected chi connectivity index (χ3v) is 4.55. The molecule has 134 valence electrons. The van der Waals surface area contributed by atoms with Crippen LogP contribution in [0.2, 0.25) is 0 Å². The number of anilines is 3. The molecule has 5 N–H and O–H groups in total. The van der Waals surface area contributed by atoms with E-state index >= 15 is 0 Å². The lowest BCUT2D eigenvalue weighted by Gasteiger charge is -2.12. The van der Waals surface area contributed by atoms with Crippen molar-refractivity contribution in [3.05, 3.63) is 41.1 Å². The molecule has 0 radical (unpaired) electrons. The summed E-state index contributed by atoms with van der Waals surface area (Å²) in [4.78, 5) is 31.7. The van der Waals surface area contributed by atoms with Crippen LogP contribution in [0.1, 0.15) is 46.7 Å². The molecule has 1 aromatic heterocycles. The fraction of sp³-hybridized carbons (Fsp3) is 0.333. The van der Waals surface area contributed by atoms with Crippen molar-refractivity contribution >= 4 is 29.3 Å². The van der Waals surface area contributed by atoms with E-state index in [2.05, 4.69) is 25.9 Å². The number of hydrogen-bond donors (Lipinski definition) is 4. The summed E-state index contributed by atoms with van der Waals surface area (Å²) in [6, 6.07) is 5.62. The van der Waals surface area contributed by atoms with Gasteiger partial charge >= 0.3 is 0 Å². The lowest BCUT2D eigenvalue weighted by Crippen LogP contribution is -2.17. The number of primary amides is 1. The van der Waals surface area contributed by atoms with Crippen LogP contribution in [-0.2, 0) is 11.3 Å². The van der Waals surface area contributed by atoms with Crippen LogP contribution >= 0.6 is 0 Å². The molecule has 26 heavy (non-hydrogen) atoms. The summed E-state index contributed by atoms with van der Waals surface area (Å²) in [5.74, 6) is 1.22. The number of aromatic nitrogens is 2. The Morgan fingerprint density at radius 3 is 2.96 bits per heavy atom. The second kappa shape index (κ2) is 6.62. The van der Waals surface area contributed by atoms with Crippen molar-refractivity contribution in [1.82, 2.24) is 15.3 Å². The molecule has 8 heteroatoms. The molecule has 0 saturated heterocycles. The fourth-order valence-electron chi connectivity index (χ4n) is 3.01. The molecule has 0 bridgehead atoms. The number of nitrogens with zero attached hydrogens (tertiary/aromatic N) is 2. The third kappa shape index (κ3) is 3.44. The Morgan fingerprint density at radius 2 is 2.19 bits per heavy atom. The highest BCUT2D eigenvalue weighted by molar-refractivity contribution is 5.99. The van der Waals surface area contributed by atoms with Crippen LogP contribution in [0.5, 0.6) is 0 Å². The second-order valence-electron chi connectivity index (χ2n) is 6.59. The Hall–Kier alpha value is -3.16. The number of carbonyl (C=O) groups is 2. The topological polar surface area (TPSA) is 122 Å². The van der Waals surface area contributed by atoms with E-state index in [-0.39, 0.29) is 18.2 Å². The van der Waals surface area contributed by atoms with Gasteiger partial charge in [0.05, 0.1) is 0 Å². The molecule has 0 spiro atoms. The second-order valence-corrected chi connectivity index (χ2v) is 6.59. The minimum Gasteiger partial charge on any atom is -0.370 e. The molecule has 2 aliphatic rings. The first-order valence-corrected chi connectivity index (χ1v) is 8.67. The van der Waals surface area contributed by atoms with E-state index in [1.165, 1.54) is 0 Å². The van der Waals surface area contributed by atoms with Crippen molar-refractivity contribution in [2.75, 3.05) is 17.2 Å². The van der Waals surface area contributed by atoms with Gasteiger partial charge in [-0.15, -0.1) is 0 Å². The van der Waals surface area contributed by atoms with E-state index < -0.39 is 0 Å². The zero-order chi connectivity index (χ0) is 18.1. The van der Waals surface area contributed by atoms with Gasteiger partial charge in [-0.3, -0.25) is 9.59 Å². The molecule has 8 nitrogen and oxygen atoms in total. The average molecular weight is 352 g/mol. The fourth-order valence-corrected chi connectivity index (χ4v) is 3.01. The van der Waals surface area contributed by atoms with Crippen LogP contribution < -0.4 is 21.7 Å². The number of carbonyl (C=O) groups excluding carboxylic acids is 2. The molecule has 1 aliphatic carbocycles. The molecule has 2 heterocycles. The van der Waals surface area contributed by atoms with E-state index in [9.17, 15) is 9.59 Å². The number of hydrogen-bond acceptors (Lipinski definition) is 6. The summed E-state index contributed by atoms with van der Waals surface area (Å²) in [5, 5.41) is 9.13. The SMILES string of the molecule is NC(=O)CCNc1nc(Nc2ccc3c(c2)C(=O)NC3)ncc1C1CC1. The van der Waals surface area contributed by atoms with E-state index in [4.69, 9.17) is 5.73 Å². The monoisotopic (exact) mass is 352 g/mol. The normalized spacial score (nSPS) is 15.3. The quantitative estimate of drug-likeness (QED) is 0.601. The van der Waals surface area contributed by atoms with Crippen molar-refractivity contribution in [2.45, 2.75) is 31.7 Å². The minimum absolute atomic E-state index is 0.0672. The highest BCUT2D eigenvalue weighted by Crippen LogP contribution is 2.42. The van der Waals surface area contributed by atoms with Crippen LogP contribution in [0.15, 0.2) is 24.4 Å². The van der Waals surface area contributed by atoms with E-state index in [1.54, 1.807) is 6.07 Å². The van der Waals surface area contributed by atoms with Gasteiger partial charge in [-0.2, -0.15) is 4.98 Å². The molecule has 1 aliphatic heterocycles. The Labute approximate surface area is 150 Å². The Morgan fingerprint density at radius 1 is 1.35 bits per heavy atom. The van der Waals surface area contributed by atoms with Gasteiger partial charge < -0.3 is 21.7 Å². The summed E-state index contributed by atoms with van der Waals surface area (Å²) in [5.41, 5.74) is 8.67. The van der Waals surface area contributed by atoms with Gasteiger partial charge in [-0.25, -0.2) is 4.98 Å². The van der Waals surface area contributed by atoms with Gasteiger partial charge in [0.15, 0.2) is 0 Å². The lowest BCUT2D eigenvalue weighted by molar-refractivity contribution is -0.117. The van der Waals surface area contributed by atoms with Gasteiger partial charge in [-0.1, -0.05) is 6.07 Å². The first-order chi connectivity index (χ1) is 12.6. The number of nitrogens with one attached hydrogen (secondary N) is 3. The van der Waals surface area contributed by atoms with E-state index in [0.717, 1.165) is 35.5 Å². The molecule has 2 amide bonds. The van der Waals surface area contributed by atoms with Crippen molar-refractivity contribution in [3.63, 3.8) is 0 Å². The third-order valence-electron chi connectivity index (χ3n) is 4.55. The van der Waals surface area contributed by atoms with Gasteiger partial charge in [-0.05, 0) is 36.5 Å². The Kier molecular flexibility index (Phi) is 4.16. The number of rotatable bonds is 7. The Bertz CT molecular complexity index is 878. The number of benzene rings is 1. The van der Waals surface area contributed by atoms with Crippen LogP contribution in [-0.4, -0.2) is 28.3 Å². The maximum Gasteiger partial charge on any atom is 0.251 e. The zero-order valence-corrected chi connectivity index (χ0v) is 14.2. The van der Waals surface area contributed by atoms with Crippen molar-refractivity contribution in [2.24, 2.45) is 5.73 Å². The molecular formula is C18H20N6O2. The van der Waals surface area contributed by atoms with E-state index in [0.29, 0.717) is 30.5 Å². The van der Waals surface area contributed by atoms with Gasteiger partial charge in [0.1, 0.15) is 5.82 Å². The van der Waals surface area contributed by atoms with E-state index in [1.807, 2.05) is 18.3 Å². The van der Waals surface area contributed by atoms with Gasteiger partial charge in [0, 0.05) is 42.5 Å². The highest BCUT2D eigenvalue weighted by atomic mass is 16.2. The first-order valence-electron chi connectivity index (χ1n) is 8.67. The smallest absolute Gasteiger partial charge is 0.251 e. The molecule has 1 fully saturated rings. The largest absolute Gasteiger partial charge is 0.370 e. The predicted molar refractivity (Wildman–Crippen MR) is 97.2 cm³/mol. The minimum atomic E-state index is -0.353. The Balaban J connectivity index is 1.54. The van der Waals surface area contributed by atoms with Crippen LogP contribution in [0.4, 0.5) is 17.5 Å². The molecule has 0 unspecified atom stereocenters. The van der Waals surface area contributed by atoms with Crippen molar-refractivity contribution < 1.29 is 9.59 Å². The molecule has 1 saturated carbocycles. The number of amides is 2.